The summed E-state index contributed by atoms with van der Waals surface area (Å²) < 4.78 is 15.0. The predicted octanol–water partition coefficient (Wildman–Crippen LogP) is 11.9. The van der Waals surface area contributed by atoms with E-state index >= 15 is 0 Å². The first-order valence-electron chi connectivity index (χ1n) is 18.5. The molecule has 0 saturated carbocycles. The number of hydrogen-bond acceptors (Lipinski definition) is 3. The van der Waals surface area contributed by atoms with Gasteiger partial charge in [0.1, 0.15) is 0 Å². The summed E-state index contributed by atoms with van der Waals surface area (Å²) in [5, 5.41) is 0. The van der Waals surface area contributed by atoms with Crippen LogP contribution in [0.3, 0.4) is 0 Å². The largest absolute Gasteiger partial charge is 0.469 e. The lowest BCUT2D eigenvalue weighted by Gasteiger charge is -2.05. The highest BCUT2D eigenvalue weighted by molar-refractivity contribution is 7.46. The molecule has 6 heteroatoms. The van der Waals surface area contributed by atoms with Gasteiger partial charge in [-0.25, -0.2) is 4.57 Å². The topological polar surface area (TPSA) is 92.8 Å². The Kier molecular flexibility index (Phi) is 34.6. The van der Waals surface area contributed by atoms with Gasteiger partial charge in [0, 0.05) is 0 Å². The van der Waals surface area contributed by atoms with Gasteiger partial charge in [0.15, 0.2) is 0 Å². The Balaban J connectivity index is 3.05. The van der Waals surface area contributed by atoms with Gasteiger partial charge in [-0.05, 0) is 19.4 Å². The van der Waals surface area contributed by atoms with E-state index in [4.69, 9.17) is 15.5 Å². The van der Waals surface area contributed by atoms with Gasteiger partial charge >= 0.3 is 7.82 Å². The van der Waals surface area contributed by atoms with Crippen molar-refractivity contribution in [2.75, 3.05) is 13.2 Å². The third-order valence-electron chi connectivity index (χ3n) is 8.61. The lowest BCUT2D eigenvalue weighted by atomic mass is 10.0. The molecule has 248 valence electrons. The minimum atomic E-state index is -4.27. The maximum Gasteiger partial charge on any atom is 0.469 e. The molecule has 0 fully saturated rings. The van der Waals surface area contributed by atoms with Crippen LogP contribution in [0.4, 0.5) is 0 Å². The van der Waals surface area contributed by atoms with E-state index in [9.17, 15) is 4.57 Å². The van der Waals surface area contributed by atoms with Gasteiger partial charge in [-0.1, -0.05) is 199 Å². The van der Waals surface area contributed by atoms with Gasteiger partial charge in [-0.3, -0.25) is 4.52 Å². The Morgan fingerprint density at radius 2 is 0.512 bits per heavy atom. The molecule has 0 aromatic rings. The van der Waals surface area contributed by atoms with Crippen molar-refractivity contribution in [1.29, 1.82) is 0 Å². The summed E-state index contributed by atoms with van der Waals surface area (Å²) in [5.74, 6) is 0. The zero-order chi connectivity index (χ0) is 30.0. The SMILES string of the molecule is NCCCCCCCCCCCCCCCCCCCCCCCCCCCCCCCCCCCOP(=O)(O)O. The zero-order valence-electron chi connectivity index (χ0n) is 27.5. The van der Waals surface area contributed by atoms with Crippen LogP contribution < -0.4 is 5.73 Å². The average molecular weight is 604 g/mol. The van der Waals surface area contributed by atoms with Gasteiger partial charge < -0.3 is 15.5 Å². The first-order chi connectivity index (χ1) is 20.1. The van der Waals surface area contributed by atoms with Crippen molar-refractivity contribution in [2.45, 2.75) is 212 Å². The Morgan fingerprint density at radius 1 is 0.341 bits per heavy atom. The fraction of sp³-hybridized carbons (Fsp3) is 1.00. The molecule has 0 heterocycles. The van der Waals surface area contributed by atoms with E-state index in [0.717, 1.165) is 25.8 Å². The third-order valence-corrected chi connectivity index (χ3v) is 9.13. The number of hydrogen-bond donors (Lipinski definition) is 3. The van der Waals surface area contributed by atoms with E-state index in [0.29, 0.717) is 0 Å². The van der Waals surface area contributed by atoms with Crippen molar-refractivity contribution in [3.8, 4) is 0 Å². The highest BCUT2D eigenvalue weighted by Crippen LogP contribution is 2.35. The van der Waals surface area contributed by atoms with Gasteiger partial charge in [0.2, 0.25) is 0 Å². The van der Waals surface area contributed by atoms with E-state index in [1.165, 1.54) is 193 Å². The second-order valence-electron chi connectivity index (χ2n) is 12.8. The number of rotatable bonds is 36. The van der Waals surface area contributed by atoms with E-state index in [1.54, 1.807) is 0 Å². The van der Waals surface area contributed by atoms with Crippen LogP contribution in [0.15, 0.2) is 0 Å². The van der Waals surface area contributed by atoms with E-state index in [2.05, 4.69) is 4.52 Å². The highest BCUT2D eigenvalue weighted by Gasteiger charge is 2.12. The summed E-state index contributed by atoms with van der Waals surface area (Å²) in [4.78, 5) is 17.3. The van der Waals surface area contributed by atoms with E-state index < -0.39 is 7.82 Å². The smallest absolute Gasteiger partial charge is 0.330 e. The van der Waals surface area contributed by atoms with Crippen LogP contribution in [0.25, 0.3) is 0 Å². The second-order valence-corrected chi connectivity index (χ2v) is 14.0. The van der Waals surface area contributed by atoms with E-state index in [1.807, 2.05) is 0 Å². The van der Waals surface area contributed by atoms with E-state index in [-0.39, 0.29) is 6.61 Å². The van der Waals surface area contributed by atoms with Crippen LogP contribution >= 0.6 is 7.82 Å². The molecule has 0 aliphatic rings. The molecule has 0 radical (unpaired) electrons. The van der Waals surface area contributed by atoms with Gasteiger partial charge in [-0.2, -0.15) is 0 Å². The van der Waals surface area contributed by atoms with Crippen molar-refractivity contribution in [1.82, 2.24) is 0 Å². The van der Waals surface area contributed by atoms with Gasteiger partial charge in [-0.15, -0.1) is 0 Å². The molecular weight excluding hydrogens is 529 g/mol. The Labute approximate surface area is 257 Å². The second kappa shape index (κ2) is 34.6. The van der Waals surface area contributed by atoms with Crippen molar-refractivity contribution >= 4 is 7.82 Å². The normalized spacial score (nSPS) is 12.0. The third kappa shape index (κ3) is 40.1. The Morgan fingerprint density at radius 3 is 0.683 bits per heavy atom. The molecule has 0 spiro atoms. The molecule has 0 unspecified atom stereocenters. The number of unbranched alkanes of at least 4 members (excludes halogenated alkanes) is 32. The zero-order valence-corrected chi connectivity index (χ0v) is 28.4. The standard InChI is InChI=1S/C35H74NO4P/c36-34-32-30-28-26-24-22-20-18-16-14-12-10-8-6-4-2-1-3-5-7-9-11-13-15-17-19-21-23-25-27-29-31-33-35-40-41(37,38)39/h1-36H2,(H2,37,38,39). The lowest BCUT2D eigenvalue weighted by Crippen LogP contribution is -1.97. The van der Waals surface area contributed by atoms with Crippen LogP contribution in [-0.4, -0.2) is 22.9 Å². The molecule has 0 rings (SSSR count). The Hall–Kier alpha value is 0.0700. The molecular formula is C35H74NO4P. The molecule has 0 bridgehead atoms. The molecule has 0 atom stereocenters. The van der Waals surface area contributed by atoms with Crippen LogP contribution in [0.5, 0.6) is 0 Å². The number of phosphoric acid groups is 1. The van der Waals surface area contributed by atoms with Gasteiger partial charge in [0.25, 0.3) is 0 Å². The van der Waals surface area contributed by atoms with Crippen LogP contribution in [0.2, 0.25) is 0 Å². The summed E-state index contributed by atoms with van der Waals surface area (Å²) in [6.45, 7) is 1.03. The minimum absolute atomic E-state index is 0.169. The molecule has 0 aromatic heterocycles. The first-order valence-corrected chi connectivity index (χ1v) is 20.0. The van der Waals surface area contributed by atoms with Crippen LogP contribution in [0, 0.1) is 0 Å². The van der Waals surface area contributed by atoms with Crippen molar-refractivity contribution < 1.29 is 18.9 Å². The first kappa shape index (κ1) is 41.1. The molecule has 5 nitrogen and oxygen atoms in total. The molecule has 41 heavy (non-hydrogen) atoms. The molecule has 0 aliphatic carbocycles. The quantitative estimate of drug-likeness (QED) is 0.0489. The predicted molar refractivity (Wildman–Crippen MR) is 179 cm³/mol. The molecule has 0 saturated heterocycles. The number of nitrogens with two attached hydrogens (primary N) is 1. The highest BCUT2D eigenvalue weighted by atomic mass is 31.2. The molecule has 4 N–H and O–H groups in total. The molecule has 0 aliphatic heterocycles. The maximum atomic E-state index is 10.6. The average Bonchev–Trinajstić information content (AvgIpc) is 2.94. The summed E-state index contributed by atoms with van der Waals surface area (Å²) in [6.07, 6.45) is 45.2. The maximum absolute atomic E-state index is 10.6. The summed E-state index contributed by atoms with van der Waals surface area (Å²) in [7, 11) is -4.27. The fourth-order valence-corrected chi connectivity index (χ4v) is 6.28. The lowest BCUT2D eigenvalue weighted by molar-refractivity contribution is 0.193. The number of phosphoric ester groups is 1. The van der Waals surface area contributed by atoms with Crippen molar-refractivity contribution in [3.63, 3.8) is 0 Å². The minimum Gasteiger partial charge on any atom is -0.330 e. The van der Waals surface area contributed by atoms with Crippen molar-refractivity contribution in [2.24, 2.45) is 5.73 Å². The Bertz CT molecular complexity index is 528. The summed E-state index contributed by atoms with van der Waals surface area (Å²) in [5.41, 5.74) is 5.54. The van der Waals surface area contributed by atoms with Gasteiger partial charge in [0.05, 0.1) is 6.61 Å². The van der Waals surface area contributed by atoms with Crippen molar-refractivity contribution in [3.05, 3.63) is 0 Å². The molecule has 0 amide bonds. The fourth-order valence-electron chi connectivity index (χ4n) is 5.91. The monoisotopic (exact) mass is 604 g/mol. The van der Waals surface area contributed by atoms with Crippen LogP contribution in [0.1, 0.15) is 212 Å². The van der Waals surface area contributed by atoms with Crippen LogP contribution in [-0.2, 0) is 9.09 Å². The summed E-state index contributed by atoms with van der Waals surface area (Å²) >= 11 is 0. The summed E-state index contributed by atoms with van der Waals surface area (Å²) in [6, 6.07) is 0. The molecule has 0 aromatic carbocycles.